The monoisotopic (exact) mass is 134 g/mol. The zero-order valence-electron chi connectivity index (χ0n) is 4.11. The highest BCUT2D eigenvalue weighted by Gasteiger charge is 1.90. The molecule has 0 rings (SSSR count). The Morgan fingerprint density at radius 1 is 1.50 bits per heavy atom. The van der Waals surface area contributed by atoms with Crippen molar-refractivity contribution in [2.45, 2.75) is 0 Å². The molecule has 1 N–H and O–H groups in total. The molecular weight excluding hydrogens is 128 g/mol. The van der Waals surface area contributed by atoms with Gasteiger partial charge in [-0.25, -0.2) is 0 Å². The first kappa shape index (κ1) is 7.39. The second kappa shape index (κ2) is 2.64. The van der Waals surface area contributed by atoms with Crippen LogP contribution in [0.25, 0.3) is 0 Å². The Bertz CT molecular complexity index is 187. The average Bonchev–Trinajstić information content (AvgIpc) is 1.59. The molecule has 0 radical (unpaired) electrons. The van der Waals surface area contributed by atoms with Crippen molar-refractivity contribution in [2.24, 2.45) is 0 Å². The lowest BCUT2D eigenvalue weighted by Gasteiger charge is -1.77. The van der Waals surface area contributed by atoms with Crippen LogP contribution in [0.4, 0.5) is 0 Å². The van der Waals surface area contributed by atoms with Crippen molar-refractivity contribution in [2.75, 3.05) is 0 Å². The Labute approximate surface area is 48.1 Å². The van der Waals surface area contributed by atoms with Crippen molar-refractivity contribution in [3.63, 3.8) is 0 Å². The van der Waals surface area contributed by atoms with E-state index in [0.717, 1.165) is 6.08 Å². The van der Waals surface area contributed by atoms with Gasteiger partial charge in [-0.2, -0.15) is 8.42 Å². The van der Waals surface area contributed by atoms with E-state index in [-0.39, 0.29) is 0 Å². The summed E-state index contributed by atoms with van der Waals surface area (Å²) < 4.78 is 27.6. The van der Waals surface area contributed by atoms with E-state index >= 15 is 0 Å². The molecule has 0 saturated heterocycles. The Morgan fingerprint density at radius 3 is 2.12 bits per heavy atom. The third-order valence-corrected chi connectivity index (χ3v) is 0.888. The normalized spacial score (nSPS) is 12.1. The summed E-state index contributed by atoms with van der Waals surface area (Å²) in [6.07, 6.45) is 2.39. The fourth-order valence-electron chi connectivity index (χ4n) is 0.155. The van der Waals surface area contributed by atoms with Crippen molar-refractivity contribution in [3.8, 4) is 0 Å². The highest BCUT2D eigenvalue weighted by atomic mass is 32.2. The summed E-state index contributed by atoms with van der Waals surface area (Å²) >= 11 is 0. The summed E-state index contributed by atoms with van der Waals surface area (Å²) in [5.41, 5.74) is 0. The first-order valence-corrected chi connectivity index (χ1v) is 3.33. The van der Waals surface area contributed by atoms with Gasteiger partial charge in [-0.1, -0.05) is 12.7 Å². The van der Waals surface area contributed by atoms with Crippen molar-refractivity contribution >= 4 is 10.1 Å². The smallest absolute Gasteiger partial charge is 0.282 e. The summed E-state index contributed by atoms with van der Waals surface area (Å²) in [4.78, 5) is 0. The molecule has 0 spiro atoms. The van der Waals surface area contributed by atoms with Crippen molar-refractivity contribution < 1.29 is 13.0 Å². The number of hydrogen-bond acceptors (Lipinski definition) is 2. The Kier molecular flexibility index (Phi) is 2.44. The van der Waals surface area contributed by atoms with Crippen LogP contribution in [0.2, 0.25) is 0 Å². The van der Waals surface area contributed by atoms with Crippen LogP contribution in [-0.4, -0.2) is 13.0 Å². The maximum Gasteiger partial charge on any atom is 0.287 e. The second-order valence-electron chi connectivity index (χ2n) is 1.08. The molecule has 0 aliphatic heterocycles. The molecule has 46 valence electrons. The minimum atomic E-state index is -3.94. The van der Waals surface area contributed by atoms with Gasteiger partial charge in [-0.15, -0.1) is 0 Å². The zero-order chi connectivity index (χ0) is 6.62. The van der Waals surface area contributed by atoms with E-state index in [0.29, 0.717) is 5.41 Å². The minimum absolute atomic E-state index is 0.653. The molecule has 0 fully saturated rings. The van der Waals surface area contributed by atoms with E-state index < -0.39 is 10.1 Å². The first-order valence-electron chi connectivity index (χ1n) is 1.83. The standard InChI is InChI=1S/C4H6O3S/c1-2-3-4-8(5,6)7/h2-4H,1H2,(H,5,6,7)/b4-3-. The summed E-state index contributed by atoms with van der Waals surface area (Å²) in [6.45, 7) is 3.20. The van der Waals surface area contributed by atoms with Gasteiger partial charge in [0, 0.05) is 0 Å². The van der Waals surface area contributed by atoms with Crippen LogP contribution in [0.15, 0.2) is 24.1 Å². The van der Waals surface area contributed by atoms with E-state index in [1.165, 1.54) is 6.08 Å². The second-order valence-corrected chi connectivity index (χ2v) is 2.38. The van der Waals surface area contributed by atoms with Gasteiger partial charge in [0.15, 0.2) is 0 Å². The molecule has 0 aromatic carbocycles. The molecule has 0 aliphatic rings. The molecule has 3 nitrogen and oxygen atoms in total. The molecule has 0 saturated carbocycles. The topological polar surface area (TPSA) is 54.4 Å². The lowest BCUT2D eigenvalue weighted by atomic mass is 10.6. The predicted octanol–water partition coefficient (Wildman–Crippen LogP) is 0.574. The van der Waals surface area contributed by atoms with Crippen LogP contribution in [0.1, 0.15) is 0 Å². The molecular formula is C4H6O3S. The molecule has 0 aromatic rings. The van der Waals surface area contributed by atoms with E-state index in [1.807, 2.05) is 0 Å². The summed E-state index contributed by atoms with van der Waals surface area (Å²) in [5.74, 6) is 0. The number of hydrogen-bond donors (Lipinski definition) is 1. The third kappa shape index (κ3) is 5.39. The van der Waals surface area contributed by atoms with Gasteiger partial charge in [0.25, 0.3) is 10.1 Å². The molecule has 0 aromatic heterocycles. The van der Waals surface area contributed by atoms with E-state index in [4.69, 9.17) is 4.55 Å². The van der Waals surface area contributed by atoms with Gasteiger partial charge in [-0.3, -0.25) is 4.55 Å². The van der Waals surface area contributed by atoms with Crippen molar-refractivity contribution in [1.82, 2.24) is 0 Å². The fourth-order valence-corrected chi connectivity index (χ4v) is 0.465. The van der Waals surface area contributed by atoms with Crippen LogP contribution < -0.4 is 0 Å². The maximum atomic E-state index is 9.81. The molecule has 0 unspecified atom stereocenters. The van der Waals surface area contributed by atoms with Gasteiger partial charge < -0.3 is 0 Å². The lowest BCUT2D eigenvalue weighted by molar-refractivity contribution is 0.494. The Balaban J connectivity index is 4.12. The van der Waals surface area contributed by atoms with Crippen molar-refractivity contribution in [1.29, 1.82) is 0 Å². The largest absolute Gasteiger partial charge is 0.287 e. The van der Waals surface area contributed by atoms with Gasteiger partial charge >= 0.3 is 0 Å². The van der Waals surface area contributed by atoms with Crippen LogP contribution in [0.5, 0.6) is 0 Å². The van der Waals surface area contributed by atoms with Crippen LogP contribution in [0, 0.1) is 0 Å². The molecule has 0 heterocycles. The van der Waals surface area contributed by atoms with Crippen LogP contribution >= 0.6 is 0 Å². The molecule has 0 bridgehead atoms. The summed E-state index contributed by atoms with van der Waals surface area (Å²) in [7, 11) is -3.94. The molecule has 0 aliphatic carbocycles. The van der Waals surface area contributed by atoms with Crippen molar-refractivity contribution in [3.05, 3.63) is 24.1 Å². The summed E-state index contributed by atoms with van der Waals surface area (Å²) in [5, 5.41) is 0.653. The minimum Gasteiger partial charge on any atom is -0.282 e. The predicted molar refractivity (Wildman–Crippen MR) is 30.9 cm³/mol. The molecule has 8 heavy (non-hydrogen) atoms. The first-order chi connectivity index (χ1) is 3.56. The third-order valence-electron chi connectivity index (χ3n) is 0.387. The number of rotatable bonds is 2. The fraction of sp³-hybridized carbons (Fsp3) is 0. The number of allylic oxidation sites excluding steroid dienone is 2. The van der Waals surface area contributed by atoms with E-state index in [1.54, 1.807) is 0 Å². The highest BCUT2D eigenvalue weighted by molar-refractivity contribution is 7.88. The lowest BCUT2D eigenvalue weighted by Crippen LogP contribution is -1.87. The summed E-state index contributed by atoms with van der Waals surface area (Å²) in [6, 6.07) is 0. The molecule has 0 atom stereocenters. The van der Waals surface area contributed by atoms with Crippen LogP contribution in [-0.2, 0) is 10.1 Å². The maximum absolute atomic E-state index is 9.81. The molecule has 0 amide bonds. The quantitative estimate of drug-likeness (QED) is 0.444. The van der Waals surface area contributed by atoms with Gasteiger partial charge in [0.2, 0.25) is 0 Å². The van der Waals surface area contributed by atoms with Gasteiger partial charge in [0.05, 0.1) is 5.41 Å². The van der Waals surface area contributed by atoms with Gasteiger partial charge in [-0.05, 0) is 6.08 Å². The zero-order valence-corrected chi connectivity index (χ0v) is 4.93. The molecule has 4 heteroatoms. The van der Waals surface area contributed by atoms with Gasteiger partial charge in [0.1, 0.15) is 0 Å². The van der Waals surface area contributed by atoms with Crippen LogP contribution in [0.3, 0.4) is 0 Å². The average molecular weight is 134 g/mol. The SMILES string of the molecule is C=C/C=C\S(=O)(=O)O. The Hall–Kier alpha value is -0.610. The Morgan fingerprint density at radius 2 is 2.00 bits per heavy atom. The van der Waals surface area contributed by atoms with E-state index in [2.05, 4.69) is 6.58 Å². The highest BCUT2D eigenvalue weighted by Crippen LogP contribution is 1.82. The van der Waals surface area contributed by atoms with E-state index in [9.17, 15) is 8.42 Å².